The van der Waals surface area contributed by atoms with Crippen LogP contribution in [0.2, 0.25) is 0 Å². The van der Waals surface area contributed by atoms with E-state index >= 15 is 0 Å². The average Bonchev–Trinajstić information content (AvgIpc) is 2.93. The van der Waals surface area contributed by atoms with Crippen LogP contribution in [0.5, 0.6) is 0 Å². The minimum atomic E-state index is 0.820. The van der Waals surface area contributed by atoms with E-state index in [-0.39, 0.29) is 0 Å². The number of nitrogens with two attached hydrogens (primary N) is 1. The first kappa shape index (κ1) is 10.8. The van der Waals surface area contributed by atoms with Gasteiger partial charge in [0.2, 0.25) is 0 Å². The minimum absolute atomic E-state index is 0.820. The van der Waals surface area contributed by atoms with Crippen molar-refractivity contribution in [3.05, 3.63) is 18.2 Å². The van der Waals surface area contributed by atoms with Gasteiger partial charge in [-0.15, -0.1) is 0 Å². The molecule has 1 fully saturated rings. The Bertz CT molecular complexity index is 534. The molecule has 0 saturated carbocycles. The maximum atomic E-state index is 5.80. The second kappa shape index (κ2) is 4.18. The molecule has 1 aromatic carbocycles. The van der Waals surface area contributed by atoms with Gasteiger partial charge in [-0.3, -0.25) is 0 Å². The highest BCUT2D eigenvalue weighted by Gasteiger charge is 2.23. The van der Waals surface area contributed by atoms with Crippen LogP contribution in [0.25, 0.3) is 10.2 Å². The number of thiazole rings is 1. The van der Waals surface area contributed by atoms with Gasteiger partial charge < -0.3 is 10.6 Å². The highest BCUT2D eigenvalue weighted by molar-refractivity contribution is 7.22. The van der Waals surface area contributed by atoms with Gasteiger partial charge in [0.15, 0.2) is 5.13 Å². The van der Waals surface area contributed by atoms with E-state index in [0.717, 1.165) is 35.3 Å². The summed E-state index contributed by atoms with van der Waals surface area (Å²) in [7, 11) is 0. The summed E-state index contributed by atoms with van der Waals surface area (Å²) in [6.45, 7) is 4.58. The molecule has 1 aliphatic heterocycles. The van der Waals surface area contributed by atoms with Gasteiger partial charge in [0.1, 0.15) is 0 Å². The standard InChI is InChI=1S/C13H17N3S/c1-2-9-5-6-16(8-9)13-15-11-4-3-10(14)7-12(11)17-13/h3-4,7,9H,2,5-6,8,14H2,1H3. The predicted molar refractivity (Wildman–Crippen MR) is 74.6 cm³/mol. The molecule has 0 aliphatic carbocycles. The molecule has 17 heavy (non-hydrogen) atoms. The lowest BCUT2D eigenvalue weighted by molar-refractivity contribution is 0.569. The summed E-state index contributed by atoms with van der Waals surface area (Å²) in [6, 6.07) is 5.95. The van der Waals surface area contributed by atoms with Crippen molar-refractivity contribution in [3.63, 3.8) is 0 Å². The number of fused-ring (bicyclic) bond motifs is 1. The maximum absolute atomic E-state index is 5.80. The Kier molecular flexibility index (Phi) is 2.67. The molecular weight excluding hydrogens is 230 g/mol. The van der Waals surface area contributed by atoms with Crippen LogP contribution >= 0.6 is 11.3 Å². The van der Waals surface area contributed by atoms with E-state index in [1.165, 1.54) is 17.5 Å². The van der Waals surface area contributed by atoms with Gasteiger partial charge in [0.05, 0.1) is 10.2 Å². The van der Waals surface area contributed by atoms with Crippen LogP contribution in [-0.4, -0.2) is 18.1 Å². The van der Waals surface area contributed by atoms with Crippen molar-refractivity contribution in [2.45, 2.75) is 19.8 Å². The Morgan fingerprint density at radius 1 is 1.53 bits per heavy atom. The fourth-order valence-electron chi connectivity index (χ4n) is 2.40. The van der Waals surface area contributed by atoms with Crippen LogP contribution in [0.3, 0.4) is 0 Å². The van der Waals surface area contributed by atoms with Crippen LogP contribution in [-0.2, 0) is 0 Å². The van der Waals surface area contributed by atoms with Crippen molar-refractivity contribution in [2.75, 3.05) is 23.7 Å². The lowest BCUT2D eigenvalue weighted by Gasteiger charge is -2.13. The van der Waals surface area contributed by atoms with E-state index in [4.69, 9.17) is 10.7 Å². The average molecular weight is 247 g/mol. The summed E-state index contributed by atoms with van der Waals surface area (Å²) < 4.78 is 1.19. The summed E-state index contributed by atoms with van der Waals surface area (Å²) in [4.78, 5) is 7.11. The Labute approximate surface area is 105 Å². The van der Waals surface area contributed by atoms with Gasteiger partial charge in [-0.05, 0) is 30.5 Å². The van der Waals surface area contributed by atoms with Crippen LogP contribution < -0.4 is 10.6 Å². The largest absolute Gasteiger partial charge is 0.399 e. The van der Waals surface area contributed by atoms with E-state index in [0.29, 0.717) is 0 Å². The molecule has 1 atom stereocenters. The van der Waals surface area contributed by atoms with E-state index in [2.05, 4.69) is 11.8 Å². The second-order valence-corrected chi connectivity index (χ2v) is 5.74. The molecule has 90 valence electrons. The van der Waals surface area contributed by atoms with Crippen molar-refractivity contribution in [1.82, 2.24) is 4.98 Å². The molecule has 0 radical (unpaired) electrons. The monoisotopic (exact) mass is 247 g/mol. The van der Waals surface area contributed by atoms with Crippen molar-refractivity contribution in [2.24, 2.45) is 5.92 Å². The quantitative estimate of drug-likeness (QED) is 0.829. The molecule has 0 amide bonds. The van der Waals surface area contributed by atoms with Crippen LogP contribution in [0.4, 0.5) is 10.8 Å². The highest BCUT2D eigenvalue weighted by atomic mass is 32.1. The Morgan fingerprint density at radius 2 is 2.41 bits per heavy atom. The Hall–Kier alpha value is -1.29. The van der Waals surface area contributed by atoms with Crippen molar-refractivity contribution in [3.8, 4) is 0 Å². The smallest absolute Gasteiger partial charge is 0.186 e. The molecule has 1 saturated heterocycles. The first-order valence-electron chi connectivity index (χ1n) is 6.17. The van der Waals surface area contributed by atoms with Crippen molar-refractivity contribution in [1.29, 1.82) is 0 Å². The number of hydrogen-bond donors (Lipinski definition) is 1. The summed E-state index contributed by atoms with van der Waals surface area (Å²) in [5.74, 6) is 0.840. The molecule has 4 heteroatoms. The van der Waals surface area contributed by atoms with Crippen LogP contribution in [0, 0.1) is 5.92 Å². The van der Waals surface area contributed by atoms with Crippen LogP contribution in [0.1, 0.15) is 19.8 Å². The van der Waals surface area contributed by atoms with Crippen LogP contribution in [0.15, 0.2) is 18.2 Å². The van der Waals surface area contributed by atoms with E-state index in [9.17, 15) is 0 Å². The molecule has 0 spiro atoms. The zero-order valence-corrected chi connectivity index (χ0v) is 10.8. The number of nitrogen functional groups attached to an aromatic ring is 1. The second-order valence-electron chi connectivity index (χ2n) is 4.73. The number of nitrogens with zero attached hydrogens (tertiary/aromatic N) is 2. The molecule has 0 bridgehead atoms. The number of anilines is 2. The number of rotatable bonds is 2. The maximum Gasteiger partial charge on any atom is 0.186 e. The summed E-state index contributed by atoms with van der Waals surface area (Å²) in [5, 5.41) is 1.15. The third-order valence-electron chi connectivity index (χ3n) is 3.53. The molecule has 1 unspecified atom stereocenters. The fraction of sp³-hybridized carbons (Fsp3) is 0.462. The Balaban J connectivity index is 1.91. The number of aromatic nitrogens is 1. The third kappa shape index (κ3) is 1.97. The zero-order valence-electron chi connectivity index (χ0n) is 10.0. The summed E-state index contributed by atoms with van der Waals surface area (Å²) in [5.41, 5.74) is 7.68. The first-order chi connectivity index (χ1) is 8.26. The van der Waals surface area contributed by atoms with Gasteiger partial charge in [0, 0.05) is 18.8 Å². The molecule has 3 nitrogen and oxygen atoms in total. The summed E-state index contributed by atoms with van der Waals surface area (Å²) in [6.07, 6.45) is 2.57. The van der Waals surface area contributed by atoms with E-state index < -0.39 is 0 Å². The predicted octanol–water partition coefficient (Wildman–Crippen LogP) is 3.11. The third-order valence-corrected chi connectivity index (χ3v) is 4.61. The lowest BCUT2D eigenvalue weighted by Crippen LogP contribution is -2.18. The van der Waals surface area contributed by atoms with Crippen molar-refractivity contribution >= 4 is 32.4 Å². The van der Waals surface area contributed by atoms with Gasteiger partial charge in [-0.1, -0.05) is 24.7 Å². The van der Waals surface area contributed by atoms with E-state index in [1.54, 1.807) is 11.3 Å². The minimum Gasteiger partial charge on any atom is -0.399 e. The SMILES string of the molecule is CCC1CCN(c2nc3ccc(N)cc3s2)C1. The fourth-order valence-corrected chi connectivity index (χ4v) is 3.45. The highest BCUT2D eigenvalue weighted by Crippen LogP contribution is 2.33. The van der Waals surface area contributed by atoms with Gasteiger partial charge in [0.25, 0.3) is 0 Å². The molecule has 1 aliphatic rings. The molecule has 3 rings (SSSR count). The summed E-state index contributed by atoms with van der Waals surface area (Å²) >= 11 is 1.76. The Morgan fingerprint density at radius 3 is 3.18 bits per heavy atom. The first-order valence-corrected chi connectivity index (χ1v) is 6.99. The topological polar surface area (TPSA) is 42.2 Å². The number of hydrogen-bond acceptors (Lipinski definition) is 4. The van der Waals surface area contributed by atoms with Gasteiger partial charge in [-0.25, -0.2) is 4.98 Å². The molecule has 2 aromatic rings. The zero-order chi connectivity index (χ0) is 11.8. The lowest BCUT2D eigenvalue weighted by atomic mass is 10.1. The van der Waals surface area contributed by atoms with Gasteiger partial charge in [-0.2, -0.15) is 0 Å². The van der Waals surface area contributed by atoms with Crippen molar-refractivity contribution < 1.29 is 0 Å². The molecule has 2 N–H and O–H groups in total. The normalized spacial score (nSPS) is 20.3. The van der Waals surface area contributed by atoms with Gasteiger partial charge >= 0.3 is 0 Å². The molecule has 1 aromatic heterocycles. The van der Waals surface area contributed by atoms with E-state index in [1.807, 2.05) is 18.2 Å². The molecule has 2 heterocycles. The molecular formula is C13H17N3S. The number of benzene rings is 1.